The summed E-state index contributed by atoms with van der Waals surface area (Å²) in [5, 5.41) is 8.51. The number of sulfonamides is 1. The van der Waals surface area contributed by atoms with Gasteiger partial charge in [0.25, 0.3) is 0 Å². The first-order valence-corrected chi connectivity index (χ1v) is 7.05. The van der Waals surface area contributed by atoms with Gasteiger partial charge in [0.1, 0.15) is 0 Å². The molecule has 2 N–H and O–H groups in total. The van der Waals surface area contributed by atoms with E-state index in [0.29, 0.717) is 5.56 Å². The largest absolute Gasteiger partial charge is 0.478 e. The first kappa shape index (κ1) is 14.4. The Hall–Kier alpha value is -1.66. The third-order valence-corrected chi connectivity index (χ3v) is 3.59. The molecule has 0 saturated heterocycles. The number of rotatable bonds is 6. The maximum atomic E-state index is 11.3. The molecule has 0 amide bonds. The van der Waals surface area contributed by atoms with E-state index in [2.05, 4.69) is 4.72 Å². The summed E-state index contributed by atoms with van der Waals surface area (Å²) in [6, 6.07) is 7.00. The van der Waals surface area contributed by atoms with Crippen molar-refractivity contribution in [1.29, 1.82) is 0 Å². The van der Waals surface area contributed by atoms with Gasteiger partial charge in [-0.1, -0.05) is 24.3 Å². The van der Waals surface area contributed by atoms with Crippen LogP contribution in [0.4, 0.5) is 0 Å². The van der Waals surface area contributed by atoms with Crippen LogP contribution in [0.15, 0.2) is 30.3 Å². The molecule has 0 aliphatic rings. The van der Waals surface area contributed by atoms with E-state index in [0.717, 1.165) is 11.6 Å². The van der Waals surface area contributed by atoms with Crippen LogP contribution in [0.5, 0.6) is 0 Å². The van der Waals surface area contributed by atoms with Crippen LogP contribution in [0.3, 0.4) is 0 Å². The number of aliphatic carboxylic acids is 1. The van der Waals surface area contributed by atoms with E-state index in [1.807, 2.05) is 0 Å². The molecule has 0 atom stereocenters. The third kappa shape index (κ3) is 5.11. The molecule has 0 fully saturated rings. The average molecular weight is 269 g/mol. The average Bonchev–Trinajstić information content (AvgIpc) is 2.35. The lowest BCUT2D eigenvalue weighted by Gasteiger charge is -2.05. The van der Waals surface area contributed by atoms with Gasteiger partial charge in [-0.05, 0) is 24.1 Å². The van der Waals surface area contributed by atoms with Gasteiger partial charge in [0.05, 0.1) is 5.75 Å². The van der Waals surface area contributed by atoms with Gasteiger partial charge in [-0.25, -0.2) is 17.9 Å². The van der Waals surface area contributed by atoms with Crippen molar-refractivity contribution in [1.82, 2.24) is 4.72 Å². The van der Waals surface area contributed by atoms with Crippen LogP contribution in [0.25, 0.3) is 6.08 Å². The molecule has 0 saturated carbocycles. The Balaban J connectivity index is 2.74. The molecule has 1 aromatic carbocycles. The topological polar surface area (TPSA) is 83.5 Å². The van der Waals surface area contributed by atoms with Crippen molar-refractivity contribution >= 4 is 22.1 Å². The lowest BCUT2D eigenvalue weighted by molar-refractivity contribution is -0.131. The highest BCUT2D eigenvalue weighted by atomic mass is 32.2. The molecule has 0 spiro atoms. The Kier molecular flexibility index (Phi) is 5.06. The normalized spacial score (nSPS) is 11.8. The predicted molar refractivity (Wildman–Crippen MR) is 69.4 cm³/mol. The van der Waals surface area contributed by atoms with E-state index < -0.39 is 16.0 Å². The van der Waals surface area contributed by atoms with E-state index in [-0.39, 0.29) is 12.3 Å². The van der Waals surface area contributed by atoms with Crippen molar-refractivity contribution in [2.75, 3.05) is 5.75 Å². The van der Waals surface area contributed by atoms with E-state index in [1.165, 1.54) is 6.08 Å². The molecular weight excluding hydrogens is 254 g/mol. The Labute approximate surface area is 106 Å². The van der Waals surface area contributed by atoms with Crippen LogP contribution >= 0.6 is 0 Å². The molecule has 5 nitrogen and oxygen atoms in total. The highest BCUT2D eigenvalue weighted by Crippen LogP contribution is 2.07. The summed E-state index contributed by atoms with van der Waals surface area (Å²) in [5.74, 6) is -0.988. The number of hydrogen-bond donors (Lipinski definition) is 2. The maximum Gasteiger partial charge on any atom is 0.328 e. The van der Waals surface area contributed by atoms with Gasteiger partial charge in [0.2, 0.25) is 10.0 Å². The predicted octanol–water partition coefficient (Wildman–Crippen LogP) is 1.22. The van der Waals surface area contributed by atoms with E-state index >= 15 is 0 Å². The highest BCUT2D eigenvalue weighted by molar-refractivity contribution is 7.89. The number of hydrogen-bond acceptors (Lipinski definition) is 3. The van der Waals surface area contributed by atoms with Crippen LogP contribution < -0.4 is 4.72 Å². The van der Waals surface area contributed by atoms with Crippen LogP contribution in [0, 0.1) is 0 Å². The number of carboxylic acid groups (broad SMARTS) is 1. The monoisotopic (exact) mass is 269 g/mol. The number of carboxylic acids is 1. The molecule has 18 heavy (non-hydrogen) atoms. The van der Waals surface area contributed by atoms with Crippen molar-refractivity contribution in [2.24, 2.45) is 0 Å². The molecule has 98 valence electrons. The van der Waals surface area contributed by atoms with Crippen molar-refractivity contribution < 1.29 is 18.3 Å². The van der Waals surface area contributed by atoms with Gasteiger partial charge in [-0.3, -0.25) is 0 Å². The molecule has 0 aliphatic heterocycles. The van der Waals surface area contributed by atoms with Crippen LogP contribution in [0.1, 0.15) is 18.1 Å². The summed E-state index contributed by atoms with van der Waals surface area (Å²) < 4.78 is 25.0. The first-order chi connectivity index (χ1) is 8.43. The minimum absolute atomic E-state index is 0.0333. The fourth-order valence-corrected chi connectivity index (χ4v) is 1.86. The van der Waals surface area contributed by atoms with Gasteiger partial charge >= 0.3 is 5.97 Å². The van der Waals surface area contributed by atoms with Crippen molar-refractivity contribution in [2.45, 2.75) is 13.5 Å². The molecule has 1 rings (SSSR count). The number of benzene rings is 1. The Morgan fingerprint density at radius 2 is 2.17 bits per heavy atom. The summed E-state index contributed by atoms with van der Waals surface area (Å²) in [6.45, 7) is 1.76. The quantitative estimate of drug-likeness (QED) is 0.761. The van der Waals surface area contributed by atoms with Gasteiger partial charge in [-0.15, -0.1) is 0 Å². The second-order valence-electron chi connectivity index (χ2n) is 3.64. The zero-order valence-corrected chi connectivity index (χ0v) is 10.8. The summed E-state index contributed by atoms with van der Waals surface area (Å²) in [4.78, 5) is 10.4. The maximum absolute atomic E-state index is 11.3. The standard InChI is InChI=1S/C12H15NO4S/c1-2-18(16,17)13-9-11-5-3-4-10(8-11)6-7-12(14)15/h3-8,13H,2,9H2,1H3,(H,14,15). The second kappa shape index (κ2) is 6.32. The van der Waals surface area contributed by atoms with E-state index in [1.54, 1.807) is 31.2 Å². The lowest BCUT2D eigenvalue weighted by atomic mass is 10.1. The molecule has 0 unspecified atom stereocenters. The zero-order chi connectivity index (χ0) is 13.6. The molecule has 0 aliphatic carbocycles. The molecule has 0 radical (unpaired) electrons. The van der Waals surface area contributed by atoms with Gasteiger partial charge in [-0.2, -0.15) is 0 Å². The molecule has 6 heteroatoms. The molecule has 0 heterocycles. The minimum atomic E-state index is -3.22. The molecule has 0 bridgehead atoms. The summed E-state index contributed by atoms with van der Waals surface area (Å²) in [7, 11) is -3.22. The fraction of sp³-hybridized carbons (Fsp3) is 0.250. The van der Waals surface area contributed by atoms with E-state index in [9.17, 15) is 13.2 Å². The van der Waals surface area contributed by atoms with Gasteiger partial charge < -0.3 is 5.11 Å². The zero-order valence-electron chi connectivity index (χ0n) is 9.96. The fourth-order valence-electron chi connectivity index (χ4n) is 1.27. The van der Waals surface area contributed by atoms with Crippen molar-refractivity contribution in [3.05, 3.63) is 41.5 Å². The highest BCUT2D eigenvalue weighted by Gasteiger charge is 2.05. The Morgan fingerprint density at radius 3 is 2.78 bits per heavy atom. The SMILES string of the molecule is CCS(=O)(=O)NCc1cccc(C=CC(=O)O)c1. The Bertz CT molecular complexity index is 549. The number of carbonyl (C=O) groups is 1. The van der Waals surface area contributed by atoms with Crippen molar-refractivity contribution in [3.8, 4) is 0 Å². The lowest BCUT2D eigenvalue weighted by Crippen LogP contribution is -2.24. The first-order valence-electron chi connectivity index (χ1n) is 5.40. The van der Waals surface area contributed by atoms with Crippen molar-refractivity contribution in [3.63, 3.8) is 0 Å². The minimum Gasteiger partial charge on any atom is -0.478 e. The second-order valence-corrected chi connectivity index (χ2v) is 5.74. The molecule has 1 aromatic rings. The smallest absolute Gasteiger partial charge is 0.328 e. The van der Waals surface area contributed by atoms with Crippen LogP contribution in [-0.4, -0.2) is 25.2 Å². The Morgan fingerprint density at radius 1 is 1.44 bits per heavy atom. The van der Waals surface area contributed by atoms with Crippen LogP contribution in [0.2, 0.25) is 0 Å². The summed E-state index contributed by atoms with van der Waals surface area (Å²) in [5.41, 5.74) is 1.49. The number of nitrogens with one attached hydrogen (secondary N) is 1. The van der Waals surface area contributed by atoms with Crippen LogP contribution in [-0.2, 0) is 21.4 Å². The molecule has 0 aromatic heterocycles. The summed E-state index contributed by atoms with van der Waals surface area (Å²) >= 11 is 0. The summed E-state index contributed by atoms with van der Waals surface area (Å²) in [6.07, 6.45) is 2.50. The van der Waals surface area contributed by atoms with E-state index in [4.69, 9.17) is 5.11 Å². The van der Waals surface area contributed by atoms with Gasteiger partial charge in [0, 0.05) is 12.6 Å². The third-order valence-electron chi connectivity index (χ3n) is 2.25. The van der Waals surface area contributed by atoms with Gasteiger partial charge in [0.15, 0.2) is 0 Å². The molecular formula is C12H15NO4S.